The van der Waals surface area contributed by atoms with Crippen molar-refractivity contribution in [2.75, 3.05) is 10.6 Å². The molecule has 0 saturated carbocycles. The summed E-state index contributed by atoms with van der Waals surface area (Å²) in [6.07, 6.45) is 0. The van der Waals surface area contributed by atoms with Crippen LogP contribution in [0.2, 0.25) is 0 Å². The molecule has 2 rings (SSSR count). The molecule has 2 aromatic rings. The quantitative estimate of drug-likeness (QED) is 0.514. The Balaban J connectivity index is 2.49. The van der Waals surface area contributed by atoms with Crippen LogP contribution in [0.25, 0.3) is 0 Å². The number of H-pyrrole nitrogens is 1. The summed E-state index contributed by atoms with van der Waals surface area (Å²) in [5, 5.41) is 5.60. The van der Waals surface area contributed by atoms with Crippen LogP contribution in [-0.2, 0) is 4.79 Å². The molecule has 0 aliphatic heterocycles. The lowest BCUT2D eigenvalue weighted by atomic mass is 10.1. The Bertz CT molecular complexity index is 870. The van der Waals surface area contributed by atoms with E-state index in [9.17, 15) is 14.4 Å². The normalized spacial score (nSPS) is 11.6. The number of nitrogens with one attached hydrogen (secondary N) is 3. The van der Waals surface area contributed by atoms with Crippen molar-refractivity contribution in [3.63, 3.8) is 0 Å². The van der Waals surface area contributed by atoms with E-state index in [1.807, 2.05) is 32.0 Å². The zero-order valence-corrected chi connectivity index (χ0v) is 14.1. The molecule has 1 heterocycles. The number of aromatic amines is 1. The fourth-order valence-electron chi connectivity index (χ4n) is 2.32. The molecular weight excluding hydrogens is 324 g/mol. The van der Waals surface area contributed by atoms with Crippen molar-refractivity contribution in [2.45, 2.75) is 26.8 Å². The predicted octanol–water partition coefficient (Wildman–Crippen LogP) is 0.515. The summed E-state index contributed by atoms with van der Waals surface area (Å²) in [5.41, 5.74) is 12.1. The molecular formula is C16H20N6O3. The molecule has 9 nitrogen and oxygen atoms in total. The van der Waals surface area contributed by atoms with Gasteiger partial charge in [0, 0.05) is 5.69 Å². The summed E-state index contributed by atoms with van der Waals surface area (Å²) in [7, 11) is 0. The molecule has 0 spiro atoms. The summed E-state index contributed by atoms with van der Waals surface area (Å²) in [6, 6.07) is 4.88. The molecule has 1 aromatic heterocycles. The largest absolute Gasteiger partial charge is 0.368 e. The molecule has 0 unspecified atom stereocenters. The number of aromatic nitrogens is 2. The lowest BCUT2D eigenvalue weighted by molar-refractivity contribution is -0.118. The number of carbonyl (C=O) groups excluding carboxylic acids is 2. The number of primary amides is 2. The number of amides is 2. The third-order valence-corrected chi connectivity index (χ3v) is 3.43. The Morgan fingerprint density at radius 3 is 2.28 bits per heavy atom. The van der Waals surface area contributed by atoms with Gasteiger partial charge in [-0.05, 0) is 44.0 Å². The van der Waals surface area contributed by atoms with Gasteiger partial charge in [-0.3, -0.25) is 19.4 Å². The van der Waals surface area contributed by atoms with E-state index in [0.717, 1.165) is 11.1 Å². The number of anilines is 3. The Kier molecular flexibility index (Phi) is 5.06. The SMILES string of the molecule is Cc1cc(C)cc(Nc2nc(N[C@H](C)C(N)=O)[nH]c(=O)c2C(N)=O)c1. The van der Waals surface area contributed by atoms with Gasteiger partial charge in [0.05, 0.1) is 0 Å². The molecule has 0 radical (unpaired) electrons. The minimum atomic E-state index is -0.921. The molecule has 1 aromatic carbocycles. The van der Waals surface area contributed by atoms with Gasteiger partial charge in [0.15, 0.2) is 5.82 Å². The first-order chi connectivity index (χ1) is 11.7. The number of nitrogens with two attached hydrogens (primary N) is 2. The van der Waals surface area contributed by atoms with Crippen LogP contribution in [0.3, 0.4) is 0 Å². The molecule has 1 atom stereocenters. The van der Waals surface area contributed by atoms with E-state index in [1.54, 1.807) is 0 Å². The molecule has 9 heteroatoms. The predicted molar refractivity (Wildman–Crippen MR) is 94.9 cm³/mol. The van der Waals surface area contributed by atoms with E-state index in [-0.39, 0.29) is 17.3 Å². The van der Waals surface area contributed by atoms with Crippen LogP contribution in [0.5, 0.6) is 0 Å². The Morgan fingerprint density at radius 2 is 1.76 bits per heavy atom. The Hall–Kier alpha value is -3.36. The average Bonchev–Trinajstić information content (AvgIpc) is 2.44. The standard InChI is InChI=1S/C16H20N6O3/c1-7-4-8(2)6-10(5-7)20-14-11(13(18)24)15(25)22-16(21-14)19-9(3)12(17)23/h4-6,9H,1-3H3,(H2,17,23)(H2,18,24)(H3,19,20,21,22,25)/t9-/m1/s1. The zero-order chi connectivity index (χ0) is 18.7. The van der Waals surface area contributed by atoms with Crippen LogP contribution < -0.4 is 27.7 Å². The van der Waals surface area contributed by atoms with Gasteiger partial charge in [0.2, 0.25) is 11.9 Å². The lowest BCUT2D eigenvalue weighted by Gasteiger charge is -2.14. The van der Waals surface area contributed by atoms with Crippen LogP contribution in [-0.4, -0.2) is 27.8 Å². The van der Waals surface area contributed by atoms with Crippen molar-refractivity contribution in [3.05, 3.63) is 45.2 Å². The van der Waals surface area contributed by atoms with Gasteiger partial charge in [0.25, 0.3) is 11.5 Å². The third kappa shape index (κ3) is 4.34. The first-order valence-corrected chi connectivity index (χ1v) is 7.52. The van der Waals surface area contributed by atoms with Crippen molar-refractivity contribution < 1.29 is 9.59 Å². The fourth-order valence-corrected chi connectivity index (χ4v) is 2.32. The number of benzene rings is 1. The number of aryl methyl sites for hydroxylation is 2. The van der Waals surface area contributed by atoms with E-state index in [2.05, 4.69) is 20.6 Å². The minimum absolute atomic E-state index is 0.00632. The number of hydrogen-bond donors (Lipinski definition) is 5. The van der Waals surface area contributed by atoms with E-state index in [1.165, 1.54) is 6.92 Å². The van der Waals surface area contributed by atoms with Crippen molar-refractivity contribution in [1.29, 1.82) is 0 Å². The number of rotatable bonds is 6. The third-order valence-electron chi connectivity index (χ3n) is 3.43. The van der Waals surface area contributed by atoms with Crippen molar-refractivity contribution >= 4 is 29.3 Å². The van der Waals surface area contributed by atoms with Gasteiger partial charge in [-0.25, -0.2) is 0 Å². The summed E-state index contributed by atoms with van der Waals surface area (Å²) >= 11 is 0. The molecule has 25 heavy (non-hydrogen) atoms. The van der Waals surface area contributed by atoms with E-state index in [0.29, 0.717) is 5.69 Å². The monoisotopic (exact) mass is 344 g/mol. The first-order valence-electron chi connectivity index (χ1n) is 7.52. The van der Waals surface area contributed by atoms with Crippen molar-refractivity contribution in [3.8, 4) is 0 Å². The van der Waals surface area contributed by atoms with Crippen LogP contribution in [0.1, 0.15) is 28.4 Å². The van der Waals surface area contributed by atoms with Crippen LogP contribution in [0, 0.1) is 13.8 Å². The molecule has 7 N–H and O–H groups in total. The number of nitrogens with zero attached hydrogens (tertiary/aromatic N) is 1. The van der Waals surface area contributed by atoms with Crippen LogP contribution in [0.4, 0.5) is 17.5 Å². The van der Waals surface area contributed by atoms with Gasteiger partial charge in [-0.1, -0.05) is 6.07 Å². The summed E-state index contributed by atoms with van der Waals surface area (Å²) in [4.78, 5) is 41.5. The van der Waals surface area contributed by atoms with Crippen molar-refractivity contribution in [1.82, 2.24) is 9.97 Å². The first kappa shape index (κ1) is 18.0. The molecule has 0 aliphatic carbocycles. The fraction of sp³-hybridized carbons (Fsp3) is 0.250. The second kappa shape index (κ2) is 7.04. The molecule has 0 aliphatic rings. The Morgan fingerprint density at radius 1 is 1.16 bits per heavy atom. The second-order valence-electron chi connectivity index (χ2n) is 5.77. The molecule has 0 saturated heterocycles. The molecule has 132 valence electrons. The Labute approximate surface area is 143 Å². The highest BCUT2D eigenvalue weighted by atomic mass is 16.2. The molecule has 0 bridgehead atoms. The van der Waals surface area contributed by atoms with Gasteiger partial charge < -0.3 is 22.1 Å². The minimum Gasteiger partial charge on any atom is -0.368 e. The summed E-state index contributed by atoms with van der Waals surface area (Å²) in [5.74, 6) is -1.56. The molecule has 2 amide bonds. The maximum Gasteiger partial charge on any atom is 0.267 e. The van der Waals surface area contributed by atoms with Gasteiger partial charge in [-0.2, -0.15) is 4.98 Å². The average molecular weight is 344 g/mol. The van der Waals surface area contributed by atoms with Crippen LogP contribution in [0.15, 0.2) is 23.0 Å². The highest BCUT2D eigenvalue weighted by Crippen LogP contribution is 2.20. The highest BCUT2D eigenvalue weighted by Gasteiger charge is 2.18. The molecule has 0 fully saturated rings. The maximum absolute atomic E-state index is 12.2. The number of carbonyl (C=O) groups is 2. The maximum atomic E-state index is 12.2. The van der Waals surface area contributed by atoms with E-state index < -0.39 is 23.4 Å². The lowest BCUT2D eigenvalue weighted by Crippen LogP contribution is -2.35. The van der Waals surface area contributed by atoms with Gasteiger partial charge >= 0.3 is 0 Å². The zero-order valence-electron chi connectivity index (χ0n) is 14.1. The smallest absolute Gasteiger partial charge is 0.267 e. The van der Waals surface area contributed by atoms with Crippen LogP contribution >= 0.6 is 0 Å². The van der Waals surface area contributed by atoms with Crippen molar-refractivity contribution in [2.24, 2.45) is 11.5 Å². The van der Waals surface area contributed by atoms with Gasteiger partial charge in [-0.15, -0.1) is 0 Å². The second-order valence-corrected chi connectivity index (χ2v) is 5.77. The summed E-state index contributed by atoms with van der Waals surface area (Å²) in [6.45, 7) is 5.35. The highest BCUT2D eigenvalue weighted by molar-refractivity contribution is 5.98. The van der Waals surface area contributed by atoms with Gasteiger partial charge in [0.1, 0.15) is 11.6 Å². The summed E-state index contributed by atoms with van der Waals surface area (Å²) < 4.78 is 0. The number of hydrogen-bond acceptors (Lipinski definition) is 6. The topological polar surface area (TPSA) is 156 Å². The van der Waals surface area contributed by atoms with E-state index in [4.69, 9.17) is 11.5 Å². The van der Waals surface area contributed by atoms with E-state index >= 15 is 0 Å².